The Morgan fingerprint density at radius 2 is 1.50 bits per heavy atom. The number of halogens is 3. The van der Waals surface area contributed by atoms with Crippen molar-refractivity contribution in [3.63, 3.8) is 0 Å². The van der Waals surface area contributed by atoms with Gasteiger partial charge in [0.1, 0.15) is 0 Å². The highest BCUT2D eigenvalue weighted by Crippen LogP contribution is 2.44. The van der Waals surface area contributed by atoms with Crippen LogP contribution in [0.4, 0.5) is 24.5 Å². The van der Waals surface area contributed by atoms with Crippen molar-refractivity contribution in [3.8, 4) is 5.75 Å². The Labute approximate surface area is 122 Å². The van der Waals surface area contributed by atoms with Crippen LogP contribution in [0.15, 0.2) is 12.1 Å². The molecule has 1 fully saturated rings. The van der Waals surface area contributed by atoms with E-state index in [1.807, 2.05) is 0 Å². The second-order valence-corrected chi connectivity index (χ2v) is 4.88. The molecule has 0 unspecified atom stereocenters. The van der Waals surface area contributed by atoms with E-state index in [0.29, 0.717) is 12.8 Å². The van der Waals surface area contributed by atoms with Gasteiger partial charge in [-0.2, -0.15) is 13.2 Å². The topological polar surface area (TPSA) is 95.5 Å². The molecule has 0 aromatic heterocycles. The van der Waals surface area contributed by atoms with Gasteiger partial charge in [0, 0.05) is 12.1 Å². The molecule has 1 aromatic carbocycles. The summed E-state index contributed by atoms with van der Waals surface area (Å²) in [6, 6.07) is 0.522. The van der Waals surface area contributed by atoms with Crippen LogP contribution in [0.1, 0.15) is 31.2 Å². The largest absolute Gasteiger partial charge is 0.479 e. The molecule has 7 nitrogen and oxygen atoms in total. The molecule has 2 rings (SSSR count). The summed E-state index contributed by atoms with van der Waals surface area (Å²) in [5.41, 5.74) is -3.55. The summed E-state index contributed by atoms with van der Waals surface area (Å²) in [5.74, 6) is -0.713. The average Bonchev–Trinajstić information content (AvgIpc) is 2.89. The highest BCUT2D eigenvalue weighted by Gasteiger charge is 2.39. The predicted molar refractivity (Wildman–Crippen MR) is 67.6 cm³/mol. The van der Waals surface area contributed by atoms with E-state index >= 15 is 0 Å². The van der Waals surface area contributed by atoms with Crippen molar-refractivity contribution in [2.45, 2.75) is 38.0 Å². The molecule has 1 aliphatic rings. The number of nitro groups is 2. The molecule has 0 saturated heterocycles. The number of rotatable bonds is 4. The third-order valence-electron chi connectivity index (χ3n) is 3.36. The highest BCUT2D eigenvalue weighted by molar-refractivity contribution is 5.62. The quantitative estimate of drug-likeness (QED) is 0.620. The standard InChI is InChI=1S/C12H11F3N2O5/c13-12(14,15)7-5-9(16(18)19)11(10(6-7)17(20)21)22-8-3-1-2-4-8/h5-6,8H,1-4H2. The van der Waals surface area contributed by atoms with Crippen molar-refractivity contribution in [2.75, 3.05) is 0 Å². The molecule has 0 spiro atoms. The Morgan fingerprint density at radius 3 is 1.86 bits per heavy atom. The lowest BCUT2D eigenvalue weighted by molar-refractivity contribution is -0.396. The molecular weight excluding hydrogens is 309 g/mol. The molecule has 0 radical (unpaired) electrons. The first kappa shape index (κ1) is 16.0. The zero-order valence-corrected chi connectivity index (χ0v) is 11.1. The van der Waals surface area contributed by atoms with Crippen molar-refractivity contribution in [3.05, 3.63) is 37.9 Å². The maximum atomic E-state index is 12.7. The highest BCUT2D eigenvalue weighted by atomic mass is 19.4. The first-order chi connectivity index (χ1) is 10.2. The Kier molecular flexibility index (Phi) is 4.20. The molecule has 0 aliphatic heterocycles. The van der Waals surface area contributed by atoms with E-state index in [4.69, 9.17) is 4.74 Å². The molecule has 1 aromatic rings. The van der Waals surface area contributed by atoms with Gasteiger partial charge in [0.15, 0.2) is 0 Å². The normalized spacial score (nSPS) is 15.8. The van der Waals surface area contributed by atoms with E-state index in [9.17, 15) is 33.4 Å². The second kappa shape index (κ2) is 5.78. The van der Waals surface area contributed by atoms with Gasteiger partial charge in [-0.3, -0.25) is 20.2 Å². The van der Waals surface area contributed by atoms with Gasteiger partial charge in [-0.05, 0) is 25.7 Å². The fourth-order valence-electron chi connectivity index (χ4n) is 2.33. The molecule has 0 amide bonds. The Hall–Kier alpha value is -2.39. The lowest BCUT2D eigenvalue weighted by atomic mass is 10.1. The van der Waals surface area contributed by atoms with Crippen LogP contribution >= 0.6 is 0 Å². The van der Waals surface area contributed by atoms with Crippen molar-refractivity contribution in [1.82, 2.24) is 0 Å². The lowest BCUT2D eigenvalue weighted by Gasteiger charge is -2.14. The number of hydrogen-bond acceptors (Lipinski definition) is 5. The zero-order valence-electron chi connectivity index (χ0n) is 11.1. The zero-order chi connectivity index (χ0) is 16.5. The van der Waals surface area contributed by atoms with Gasteiger partial charge >= 0.3 is 17.6 Å². The number of ether oxygens (including phenoxy) is 1. The van der Waals surface area contributed by atoms with Gasteiger partial charge in [-0.1, -0.05) is 0 Å². The van der Waals surface area contributed by atoms with Crippen LogP contribution in [0.25, 0.3) is 0 Å². The number of nitrogens with zero attached hydrogens (tertiary/aromatic N) is 2. The SMILES string of the molecule is O=[N+]([O-])c1cc(C(F)(F)F)cc([N+](=O)[O-])c1OC1CCCC1. The molecule has 1 aliphatic carbocycles. The van der Waals surface area contributed by atoms with Crippen LogP contribution in [-0.4, -0.2) is 16.0 Å². The summed E-state index contributed by atoms with van der Waals surface area (Å²) in [5, 5.41) is 22.0. The van der Waals surface area contributed by atoms with E-state index < -0.39 is 44.8 Å². The van der Waals surface area contributed by atoms with E-state index in [2.05, 4.69) is 0 Å². The maximum absolute atomic E-state index is 12.7. The minimum Gasteiger partial charge on any atom is -0.479 e. The summed E-state index contributed by atoms with van der Waals surface area (Å²) < 4.78 is 43.5. The molecular formula is C12H11F3N2O5. The molecule has 0 N–H and O–H groups in total. The van der Waals surface area contributed by atoms with Crippen LogP contribution in [-0.2, 0) is 6.18 Å². The Morgan fingerprint density at radius 1 is 1.05 bits per heavy atom. The molecule has 120 valence electrons. The van der Waals surface area contributed by atoms with Crippen molar-refractivity contribution in [2.24, 2.45) is 0 Å². The van der Waals surface area contributed by atoms with Gasteiger partial charge in [0.05, 0.1) is 21.5 Å². The molecule has 0 atom stereocenters. The number of hydrogen-bond donors (Lipinski definition) is 0. The summed E-state index contributed by atoms with van der Waals surface area (Å²) >= 11 is 0. The fourth-order valence-corrected chi connectivity index (χ4v) is 2.33. The number of nitro benzene ring substituents is 2. The first-order valence-electron chi connectivity index (χ1n) is 6.41. The minimum atomic E-state index is -4.93. The van der Waals surface area contributed by atoms with Gasteiger partial charge in [-0.25, -0.2) is 0 Å². The average molecular weight is 320 g/mol. The molecule has 10 heteroatoms. The minimum absolute atomic E-state index is 0.261. The van der Waals surface area contributed by atoms with Crippen molar-refractivity contribution >= 4 is 11.4 Å². The third-order valence-corrected chi connectivity index (χ3v) is 3.36. The Bertz CT molecular complexity index is 576. The fraction of sp³-hybridized carbons (Fsp3) is 0.500. The monoisotopic (exact) mass is 320 g/mol. The van der Waals surface area contributed by atoms with E-state index in [-0.39, 0.29) is 12.1 Å². The predicted octanol–water partition coefficient (Wildman–Crippen LogP) is 3.84. The molecule has 0 heterocycles. The smallest absolute Gasteiger partial charge is 0.416 e. The number of benzene rings is 1. The van der Waals surface area contributed by atoms with E-state index in [0.717, 1.165) is 12.8 Å². The van der Waals surface area contributed by atoms with Crippen LogP contribution in [0.5, 0.6) is 5.75 Å². The van der Waals surface area contributed by atoms with Gasteiger partial charge in [0.2, 0.25) is 0 Å². The molecule has 1 saturated carbocycles. The van der Waals surface area contributed by atoms with Gasteiger partial charge in [-0.15, -0.1) is 0 Å². The molecule has 0 bridgehead atoms. The van der Waals surface area contributed by atoms with Gasteiger partial charge < -0.3 is 4.74 Å². The van der Waals surface area contributed by atoms with E-state index in [1.54, 1.807) is 0 Å². The van der Waals surface area contributed by atoms with Crippen molar-refractivity contribution in [1.29, 1.82) is 0 Å². The van der Waals surface area contributed by atoms with Crippen LogP contribution in [0.2, 0.25) is 0 Å². The summed E-state index contributed by atoms with van der Waals surface area (Å²) in [6.07, 6.45) is -2.69. The van der Waals surface area contributed by atoms with Crippen molar-refractivity contribution < 1.29 is 27.8 Å². The lowest BCUT2D eigenvalue weighted by Crippen LogP contribution is -2.15. The first-order valence-corrected chi connectivity index (χ1v) is 6.41. The maximum Gasteiger partial charge on any atom is 0.416 e. The van der Waals surface area contributed by atoms with E-state index in [1.165, 1.54) is 0 Å². The summed E-state index contributed by atoms with van der Waals surface area (Å²) in [6.45, 7) is 0. The molecule has 22 heavy (non-hydrogen) atoms. The van der Waals surface area contributed by atoms with Crippen LogP contribution in [0, 0.1) is 20.2 Å². The number of alkyl halides is 3. The summed E-state index contributed by atoms with van der Waals surface area (Å²) in [7, 11) is 0. The third kappa shape index (κ3) is 3.26. The van der Waals surface area contributed by atoms with Gasteiger partial charge in [0.25, 0.3) is 5.75 Å². The second-order valence-electron chi connectivity index (χ2n) is 4.88. The van der Waals surface area contributed by atoms with Crippen LogP contribution < -0.4 is 4.74 Å². The van der Waals surface area contributed by atoms with Crippen LogP contribution in [0.3, 0.4) is 0 Å². The Balaban J connectivity index is 2.57. The summed E-state index contributed by atoms with van der Waals surface area (Å²) in [4.78, 5) is 19.8.